The molecule has 0 bridgehead atoms. The Hall–Kier alpha value is -1.46. The maximum Gasteiger partial charge on any atom is 0.226 e. The Bertz CT molecular complexity index is 559. The van der Waals surface area contributed by atoms with Crippen LogP contribution in [0.5, 0.6) is 11.5 Å². The summed E-state index contributed by atoms with van der Waals surface area (Å²) >= 11 is 0. The average Bonchev–Trinajstić information content (AvgIpc) is 3.07. The minimum atomic E-state index is 0. The number of benzene rings is 1. The molecule has 0 spiro atoms. The topological polar surface area (TPSA) is 59.6 Å². The smallest absolute Gasteiger partial charge is 0.226 e. The fraction of sp³-hybridized carbons (Fsp3) is 0.588. The first-order chi connectivity index (χ1) is 10.7. The number of carbonyl (C=O) groups is 1. The van der Waals surface area contributed by atoms with E-state index in [0.717, 1.165) is 42.9 Å². The molecule has 2 N–H and O–H groups in total. The van der Waals surface area contributed by atoms with Crippen molar-refractivity contribution >= 4 is 24.0 Å². The van der Waals surface area contributed by atoms with Gasteiger partial charge in [-0.2, -0.15) is 0 Å². The van der Waals surface area contributed by atoms with E-state index >= 15 is 0 Å². The van der Waals surface area contributed by atoms with Gasteiger partial charge in [0.2, 0.25) is 5.91 Å². The van der Waals surface area contributed by atoms with E-state index in [-0.39, 0.29) is 24.4 Å². The quantitative estimate of drug-likeness (QED) is 0.865. The SMILES string of the molecule is CCOc1cc2c(cc1NC(=O)CC1CCCN1)OC(C)C2.Cl. The van der Waals surface area contributed by atoms with E-state index in [9.17, 15) is 4.79 Å². The molecule has 2 aliphatic rings. The molecule has 5 nitrogen and oxygen atoms in total. The summed E-state index contributed by atoms with van der Waals surface area (Å²) in [6, 6.07) is 4.18. The zero-order valence-corrected chi connectivity index (χ0v) is 14.5. The molecule has 1 saturated heterocycles. The van der Waals surface area contributed by atoms with Crippen LogP contribution in [0.2, 0.25) is 0 Å². The molecule has 2 aliphatic heterocycles. The van der Waals surface area contributed by atoms with Crippen molar-refractivity contribution < 1.29 is 14.3 Å². The summed E-state index contributed by atoms with van der Waals surface area (Å²) in [5.41, 5.74) is 1.85. The van der Waals surface area contributed by atoms with Gasteiger partial charge < -0.3 is 20.1 Å². The summed E-state index contributed by atoms with van der Waals surface area (Å²) in [4.78, 5) is 12.2. The van der Waals surface area contributed by atoms with Crippen LogP contribution in [-0.2, 0) is 11.2 Å². The molecule has 128 valence electrons. The van der Waals surface area contributed by atoms with Crippen LogP contribution in [0.3, 0.4) is 0 Å². The van der Waals surface area contributed by atoms with E-state index in [2.05, 4.69) is 10.6 Å². The molecule has 2 unspecified atom stereocenters. The van der Waals surface area contributed by atoms with Crippen LogP contribution in [0.25, 0.3) is 0 Å². The Morgan fingerprint density at radius 2 is 2.30 bits per heavy atom. The van der Waals surface area contributed by atoms with Gasteiger partial charge in [-0.25, -0.2) is 0 Å². The average molecular weight is 341 g/mol. The monoisotopic (exact) mass is 340 g/mol. The highest BCUT2D eigenvalue weighted by molar-refractivity contribution is 5.93. The van der Waals surface area contributed by atoms with E-state index in [1.165, 1.54) is 0 Å². The first kappa shape index (κ1) is 17.9. The van der Waals surface area contributed by atoms with Gasteiger partial charge in [0.25, 0.3) is 0 Å². The summed E-state index contributed by atoms with van der Waals surface area (Å²) in [7, 11) is 0. The van der Waals surface area contributed by atoms with Crippen molar-refractivity contribution in [2.24, 2.45) is 0 Å². The molecule has 1 aromatic carbocycles. The number of hydrogen-bond acceptors (Lipinski definition) is 4. The predicted octanol–water partition coefficient (Wildman–Crippen LogP) is 2.91. The lowest BCUT2D eigenvalue weighted by Crippen LogP contribution is -2.27. The van der Waals surface area contributed by atoms with Gasteiger partial charge in [-0.15, -0.1) is 12.4 Å². The number of carbonyl (C=O) groups excluding carboxylic acids is 1. The third-order valence-corrected chi connectivity index (χ3v) is 4.17. The third-order valence-electron chi connectivity index (χ3n) is 4.17. The zero-order chi connectivity index (χ0) is 15.5. The number of nitrogens with one attached hydrogen (secondary N) is 2. The van der Waals surface area contributed by atoms with E-state index in [4.69, 9.17) is 9.47 Å². The van der Waals surface area contributed by atoms with Gasteiger partial charge in [0.05, 0.1) is 12.3 Å². The number of anilines is 1. The normalized spacial score (nSPS) is 22.0. The molecule has 2 atom stereocenters. The third kappa shape index (κ3) is 4.30. The number of amides is 1. The number of fused-ring (bicyclic) bond motifs is 1. The molecule has 1 aromatic rings. The lowest BCUT2D eigenvalue weighted by Gasteiger charge is -2.15. The molecule has 2 heterocycles. The van der Waals surface area contributed by atoms with Gasteiger partial charge in [-0.1, -0.05) is 0 Å². The Morgan fingerprint density at radius 3 is 3.00 bits per heavy atom. The minimum absolute atomic E-state index is 0. The van der Waals surface area contributed by atoms with Crippen molar-refractivity contribution in [3.8, 4) is 11.5 Å². The van der Waals surface area contributed by atoms with E-state index in [1.54, 1.807) is 0 Å². The van der Waals surface area contributed by atoms with Gasteiger partial charge >= 0.3 is 0 Å². The van der Waals surface area contributed by atoms with Crippen LogP contribution < -0.4 is 20.1 Å². The summed E-state index contributed by atoms with van der Waals surface area (Å²) in [6.45, 7) is 5.57. The molecule has 1 amide bonds. The molecule has 23 heavy (non-hydrogen) atoms. The highest BCUT2D eigenvalue weighted by Gasteiger charge is 2.23. The van der Waals surface area contributed by atoms with Crippen molar-refractivity contribution in [1.82, 2.24) is 5.32 Å². The van der Waals surface area contributed by atoms with Crippen LogP contribution in [0.15, 0.2) is 12.1 Å². The molecule has 0 aliphatic carbocycles. The van der Waals surface area contributed by atoms with Crippen molar-refractivity contribution in [2.45, 2.75) is 51.7 Å². The summed E-state index contributed by atoms with van der Waals surface area (Å²) < 4.78 is 11.5. The maximum atomic E-state index is 12.2. The van der Waals surface area contributed by atoms with Gasteiger partial charge in [0.15, 0.2) is 0 Å². The van der Waals surface area contributed by atoms with E-state index in [1.807, 2.05) is 26.0 Å². The highest BCUT2D eigenvalue weighted by Crippen LogP contribution is 2.38. The van der Waals surface area contributed by atoms with Gasteiger partial charge in [-0.3, -0.25) is 4.79 Å². The van der Waals surface area contributed by atoms with Crippen molar-refractivity contribution in [2.75, 3.05) is 18.5 Å². The number of rotatable bonds is 5. The standard InChI is InChI=1S/C17H24N2O3.ClH/c1-3-21-16-8-12-7-11(2)22-15(12)10-14(16)19-17(20)9-13-5-4-6-18-13;/h8,10-11,13,18H,3-7,9H2,1-2H3,(H,19,20);1H. The Kier molecular flexibility index (Phi) is 6.13. The fourth-order valence-electron chi connectivity index (χ4n) is 3.17. The summed E-state index contributed by atoms with van der Waals surface area (Å²) in [5.74, 6) is 1.60. The first-order valence-electron chi connectivity index (χ1n) is 8.15. The van der Waals surface area contributed by atoms with E-state index < -0.39 is 0 Å². The number of hydrogen-bond donors (Lipinski definition) is 2. The number of ether oxygens (including phenoxy) is 2. The molecular weight excluding hydrogens is 316 g/mol. The molecule has 3 rings (SSSR count). The second-order valence-electron chi connectivity index (χ2n) is 6.07. The molecule has 0 aromatic heterocycles. The second kappa shape index (κ2) is 7.88. The molecular formula is C17H25ClN2O3. The van der Waals surface area contributed by atoms with E-state index in [0.29, 0.717) is 24.8 Å². The van der Waals surface area contributed by atoms with Gasteiger partial charge in [-0.05, 0) is 39.3 Å². The predicted molar refractivity (Wildman–Crippen MR) is 92.9 cm³/mol. The van der Waals surface area contributed by atoms with Crippen LogP contribution >= 0.6 is 12.4 Å². The van der Waals surface area contributed by atoms with Crippen molar-refractivity contribution in [3.05, 3.63) is 17.7 Å². The Balaban J connectivity index is 0.00000192. The molecule has 0 radical (unpaired) electrons. The lowest BCUT2D eigenvalue weighted by atomic mass is 10.1. The van der Waals surface area contributed by atoms with Crippen molar-refractivity contribution in [3.63, 3.8) is 0 Å². The zero-order valence-electron chi connectivity index (χ0n) is 13.7. The van der Waals surface area contributed by atoms with Crippen LogP contribution in [0, 0.1) is 0 Å². The molecule has 0 saturated carbocycles. The van der Waals surface area contributed by atoms with Crippen LogP contribution in [0.1, 0.15) is 38.7 Å². The highest BCUT2D eigenvalue weighted by atomic mass is 35.5. The first-order valence-corrected chi connectivity index (χ1v) is 8.15. The van der Waals surface area contributed by atoms with Crippen LogP contribution in [-0.4, -0.2) is 31.2 Å². The summed E-state index contributed by atoms with van der Waals surface area (Å²) in [5, 5.41) is 6.33. The molecule has 1 fully saturated rings. The Morgan fingerprint density at radius 1 is 1.48 bits per heavy atom. The fourth-order valence-corrected chi connectivity index (χ4v) is 3.17. The largest absolute Gasteiger partial charge is 0.492 e. The van der Waals surface area contributed by atoms with Crippen LogP contribution in [0.4, 0.5) is 5.69 Å². The van der Waals surface area contributed by atoms with Gasteiger partial charge in [0.1, 0.15) is 17.6 Å². The van der Waals surface area contributed by atoms with Gasteiger partial charge in [0, 0.05) is 30.5 Å². The number of halogens is 1. The maximum absolute atomic E-state index is 12.2. The molecule has 6 heteroatoms. The summed E-state index contributed by atoms with van der Waals surface area (Å²) in [6.07, 6.45) is 3.77. The van der Waals surface area contributed by atoms with Crippen molar-refractivity contribution in [1.29, 1.82) is 0 Å². The second-order valence-corrected chi connectivity index (χ2v) is 6.07. The Labute approximate surface area is 143 Å². The minimum Gasteiger partial charge on any atom is -0.492 e. The lowest BCUT2D eigenvalue weighted by molar-refractivity contribution is -0.116.